The number of benzene rings is 1. The summed E-state index contributed by atoms with van der Waals surface area (Å²) in [6.45, 7) is 3.20. The van der Waals surface area contributed by atoms with Gasteiger partial charge in [-0.15, -0.1) is 0 Å². The van der Waals surface area contributed by atoms with Gasteiger partial charge in [0.15, 0.2) is 11.5 Å². The van der Waals surface area contributed by atoms with Gasteiger partial charge < -0.3 is 27.6 Å². The van der Waals surface area contributed by atoms with Gasteiger partial charge in [0.05, 0.1) is 0 Å². The van der Waals surface area contributed by atoms with Crippen molar-refractivity contribution in [3.63, 3.8) is 0 Å². The monoisotopic (exact) mass is 214 g/mol. The summed E-state index contributed by atoms with van der Waals surface area (Å²) in [6.07, 6.45) is 0. The highest BCUT2D eigenvalue weighted by Gasteiger charge is 2.12. The Morgan fingerprint density at radius 2 is 1.86 bits per heavy atom. The van der Waals surface area contributed by atoms with Gasteiger partial charge in [-0.05, 0) is 24.6 Å². The van der Waals surface area contributed by atoms with E-state index in [-0.39, 0.29) is 18.4 Å². The molecule has 3 nitrogen and oxygen atoms in total. The Kier molecular flexibility index (Phi) is 3.61. The van der Waals surface area contributed by atoms with Crippen molar-refractivity contribution in [1.29, 1.82) is 0 Å². The van der Waals surface area contributed by atoms with Gasteiger partial charge in [-0.1, -0.05) is 6.07 Å². The summed E-state index contributed by atoms with van der Waals surface area (Å²) in [5, 5.41) is 0. The number of halogens is 1. The number of rotatable bonds is 1. The predicted molar refractivity (Wildman–Crippen MR) is 50.0 cm³/mol. The Morgan fingerprint density at radius 3 is 2.50 bits per heavy atom. The molecule has 0 aliphatic carbocycles. The highest BCUT2D eigenvalue weighted by atomic mass is 35.5. The van der Waals surface area contributed by atoms with Gasteiger partial charge in [0.2, 0.25) is 0 Å². The molecule has 2 N–H and O–H groups in total. The van der Waals surface area contributed by atoms with Crippen molar-refractivity contribution >= 4 is 0 Å². The fraction of sp³-hybridized carbons (Fsp3) is 0.400. The third-order valence-corrected chi connectivity index (χ3v) is 2.09. The van der Waals surface area contributed by atoms with E-state index in [1.807, 2.05) is 25.1 Å². The molecule has 0 spiro atoms. The van der Waals surface area contributed by atoms with Gasteiger partial charge in [-0.3, -0.25) is 0 Å². The molecule has 1 aliphatic rings. The van der Waals surface area contributed by atoms with Crippen LogP contribution in [0.4, 0.5) is 0 Å². The van der Waals surface area contributed by atoms with Crippen LogP contribution >= 0.6 is 0 Å². The van der Waals surface area contributed by atoms with Crippen molar-refractivity contribution in [3.8, 4) is 11.5 Å². The van der Waals surface area contributed by atoms with E-state index in [9.17, 15) is 0 Å². The Labute approximate surface area is 89.6 Å². The zero-order chi connectivity index (χ0) is 9.26. The Morgan fingerprint density at radius 1 is 1.21 bits per heavy atom. The largest absolute Gasteiger partial charge is 1.00 e. The second-order valence-electron chi connectivity index (χ2n) is 3.19. The highest BCUT2D eigenvalue weighted by Crippen LogP contribution is 2.31. The zero-order valence-electron chi connectivity index (χ0n) is 8.00. The maximum Gasteiger partial charge on any atom is 0.161 e. The first-order valence-corrected chi connectivity index (χ1v) is 4.42. The molecular weight excluding hydrogens is 202 g/mol. The van der Waals surface area contributed by atoms with Crippen LogP contribution in [0.15, 0.2) is 18.2 Å². The molecule has 2 rings (SSSR count). The van der Waals surface area contributed by atoms with Gasteiger partial charge in [0.1, 0.15) is 13.2 Å². The lowest BCUT2D eigenvalue weighted by Crippen LogP contribution is -3.00. The van der Waals surface area contributed by atoms with E-state index in [2.05, 4.69) is 0 Å². The third kappa shape index (κ3) is 2.11. The summed E-state index contributed by atoms with van der Waals surface area (Å²) >= 11 is 0. The van der Waals surface area contributed by atoms with Crippen LogP contribution in [0.5, 0.6) is 11.5 Å². The molecule has 0 bridgehead atoms. The maximum absolute atomic E-state index is 5.75. The number of hydrogen-bond acceptors (Lipinski definition) is 3. The van der Waals surface area contributed by atoms with Crippen LogP contribution in [0, 0.1) is 0 Å². The second-order valence-corrected chi connectivity index (χ2v) is 3.19. The first-order chi connectivity index (χ1) is 6.27. The van der Waals surface area contributed by atoms with Crippen LogP contribution in [0.2, 0.25) is 0 Å². The lowest BCUT2D eigenvalue weighted by molar-refractivity contribution is -0.00000342. The van der Waals surface area contributed by atoms with Gasteiger partial charge in [-0.25, -0.2) is 0 Å². The van der Waals surface area contributed by atoms with E-state index in [1.54, 1.807) is 0 Å². The summed E-state index contributed by atoms with van der Waals surface area (Å²) in [5.74, 6) is 1.62. The number of fused-ring (bicyclic) bond motifs is 1. The van der Waals surface area contributed by atoms with Gasteiger partial charge in [0, 0.05) is 6.04 Å². The SMILES string of the molecule is CC(N)c1ccc2c(c1)OCCO2.[Cl-]. The molecule has 1 aromatic rings. The molecule has 78 valence electrons. The van der Waals surface area contributed by atoms with Crippen LogP contribution in [0.3, 0.4) is 0 Å². The molecule has 0 aromatic heterocycles. The topological polar surface area (TPSA) is 44.5 Å². The third-order valence-electron chi connectivity index (χ3n) is 2.09. The minimum absolute atomic E-state index is 0. The molecule has 0 amide bonds. The molecule has 1 aliphatic heterocycles. The Hall–Kier alpha value is -0.930. The van der Waals surface area contributed by atoms with Crippen molar-refractivity contribution in [1.82, 2.24) is 0 Å². The van der Waals surface area contributed by atoms with Crippen LogP contribution < -0.4 is 27.6 Å². The average molecular weight is 215 g/mol. The number of hydrogen-bond donors (Lipinski definition) is 1. The molecule has 0 fully saturated rings. The summed E-state index contributed by atoms with van der Waals surface area (Å²) in [4.78, 5) is 0. The predicted octanol–water partition coefficient (Wildman–Crippen LogP) is -1.52. The maximum atomic E-state index is 5.75. The van der Waals surface area contributed by atoms with Crippen LogP contribution in [-0.2, 0) is 0 Å². The highest BCUT2D eigenvalue weighted by molar-refractivity contribution is 5.44. The van der Waals surface area contributed by atoms with E-state index in [0.29, 0.717) is 13.2 Å². The van der Waals surface area contributed by atoms with E-state index >= 15 is 0 Å². The normalized spacial score (nSPS) is 15.6. The zero-order valence-corrected chi connectivity index (χ0v) is 8.75. The number of ether oxygens (including phenoxy) is 2. The summed E-state index contributed by atoms with van der Waals surface area (Å²) in [5.41, 5.74) is 6.82. The minimum Gasteiger partial charge on any atom is -1.00 e. The van der Waals surface area contributed by atoms with Gasteiger partial charge in [-0.2, -0.15) is 0 Å². The van der Waals surface area contributed by atoms with Gasteiger partial charge >= 0.3 is 0 Å². The molecule has 1 aromatic carbocycles. The second kappa shape index (κ2) is 4.53. The number of nitrogens with two attached hydrogens (primary N) is 1. The standard InChI is InChI=1S/C10H13NO2.ClH/c1-7(11)8-2-3-9-10(6-8)13-5-4-12-9;/h2-3,6-7H,4-5,11H2,1H3;1H/p-1. The lowest BCUT2D eigenvalue weighted by Gasteiger charge is -2.19. The van der Waals surface area contributed by atoms with E-state index in [1.165, 1.54) is 0 Å². The van der Waals surface area contributed by atoms with E-state index in [0.717, 1.165) is 17.1 Å². The quantitative estimate of drug-likeness (QED) is 0.618. The molecule has 0 saturated carbocycles. The van der Waals surface area contributed by atoms with Crippen molar-refractivity contribution < 1.29 is 21.9 Å². The lowest BCUT2D eigenvalue weighted by atomic mass is 10.1. The Balaban J connectivity index is 0.000000980. The van der Waals surface area contributed by atoms with Crippen LogP contribution in [0.1, 0.15) is 18.5 Å². The smallest absolute Gasteiger partial charge is 0.161 e. The molecule has 4 heteroatoms. The summed E-state index contributed by atoms with van der Waals surface area (Å²) in [7, 11) is 0. The van der Waals surface area contributed by atoms with Crippen molar-refractivity contribution in [2.75, 3.05) is 13.2 Å². The molecule has 1 heterocycles. The average Bonchev–Trinajstić information content (AvgIpc) is 2.17. The molecule has 1 atom stereocenters. The molecular formula is C10H13ClNO2-. The molecule has 0 radical (unpaired) electrons. The summed E-state index contributed by atoms with van der Waals surface area (Å²) < 4.78 is 10.8. The first kappa shape index (κ1) is 11.1. The van der Waals surface area contributed by atoms with E-state index < -0.39 is 0 Å². The van der Waals surface area contributed by atoms with Gasteiger partial charge in [0.25, 0.3) is 0 Å². The fourth-order valence-corrected chi connectivity index (χ4v) is 1.34. The molecule has 1 unspecified atom stereocenters. The fourth-order valence-electron chi connectivity index (χ4n) is 1.34. The van der Waals surface area contributed by atoms with Crippen molar-refractivity contribution in [3.05, 3.63) is 23.8 Å². The van der Waals surface area contributed by atoms with E-state index in [4.69, 9.17) is 15.2 Å². The van der Waals surface area contributed by atoms with Crippen LogP contribution in [0.25, 0.3) is 0 Å². The van der Waals surface area contributed by atoms with Crippen molar-refractivity contribution in [2.24, 2.45) is 5.73 Å². The van der Waals surface area contributed by atoms with Crippen LogP contribution in [-0.4, -0.2) is 13.2 Å². The summed E-state index contributed by atoms with van der Waals surface area (Å²) in [6, 6.07) is 5.86. The minimum atomic E-state index is 0. The molecule has 0 saturated heterocycles. The molecule has 14 heavy (non-hydrogen) atoms. The first-order valence-electron chi connectivity index (χ1n) is 4.42. The van der Waals surface area contributed by atoms with Crippen molar-refractivity contribution in [2.45, 2.75) is 13.0 Å². The Bertz CT molecular complexity index is 315.